The molecule has 2 aliphatic heterocycles. The van der Waals surface area contributed by atoms with Gasteiger partial charge in [-0.2, -0.15) is 0 Å². The van der Waals surface area contributed by atoms with Gasteiger partial charge in [0.1, 0.15) is 5.75 Å². The van der Waals surface area contributed by atoms with Crippen molar-refractivity contribution in [1.29, 1.82) is 0 Å². The molecule has 182 valence electrons. The largest absolute Gasteiger partial charge is 0.494 e. The summed E-state index contributed by atoms with van der Waals surface area (Å²) in [5.74, 6) is 0.367. The number of piperidine rings is 1. The fraction of sp³-hybridized carbons (Fsp3) is 0.440. The van der Waals surface area contributed by atoms with E-state index in [0.717, 1.165) is 31.6 Å². The van der Waals surface area contributed by atoms with Gasteiger partial charge in [-0.3, -0.25) is 9.59 Å². The summed E-state index contributed by atoms with van der Waals surface area (Å²) < 4.78 is 29.5. The smallest absolute Gasteiger partial charge is 0.251 e. The molecule has 1 N–H and O–H groups in total. The van der Waals surface area contributed by atoms with Gasteiger partial charge >= 0.3 is 0 Å². The van der Waals surface area contributed by atoms with E-state index in [-0.39, 0.29) is 30.0 Å². The fourth-order valence-corrected chi connectivity index (χ4v) is 5.40. The van der Waals surface area contributed by atoms with Crippen LogP contribution in [-0.4, -0.2) is 57.8 Å². The molecule has 2 fully saturated rings. The summed E-state index contributed by atoms with van der Waals surface area (Å²) in [6.07, 6.45) is 1.81. The van der Waals surface area contributed by atoms with Crippen LogP contribution in [0.15, 0.2) is 53.4 Å². The maximum absolute atomic E-state index is 13.0. The molecule has 2 amide bonds. The third-order valence-electron chi connectivity index (χ3n) is 6.43. The second kappa shape index (κ2) is 10.1. The van der Waals surface area contributed by atoms with Gasteiger partial charge in [0.15, 0.2) is 9.84 Å². The Kier molecular flexibility index (Phi) is 7.23. The molecule has 2 saturated heterocycles. The Bertz CT molecular complexity index is 1120. The van der Waals surface area contributed by atoms with Crippen molar-refractivity contribution in [1.82, 2.24) is 5.32 Å². The number of sulfone groups is 1. The summed E-state index contributed by atoms with van der Waals surface area (Å²) in [4.78, 5) is 29.4. The highest BCUT2D eigenvalue weighted by atomic mass is 32.2. The van der Waals surface area contributed by atoms with Crippen molar-refractivity contribution in [3.8, 4) is 5.75 Å². The molecule has 2 aliphatic rings. The lowest BCUT2D eigenvalue weighted by molar-refractivity contribution is -0.121. The number of hydrogen-bond donors (Lipinski definition) is 1. The molecule has 34 heavy (non-hydrogen) atoms. The topological polar surface area (TPSA) is 96.0 Å². The van der Waals surface area contributed by atoms with Crippen molar-refractivity contribution < 1.29 is 22.7 Å². The maximum atomic E-state index is 13.0. The molecule has 8 nitrogen and oxygen atoms in total. The number of imide groups is 1. The minimum Gasteiger partial charge on any atom is -0.494 e. The number of carbonyl (C=O) groups is 2. The first-order valence-corrected chi connectivity index (χ1v) is 13.4. The van der Waals surface area contributed by atoms with Crippen LogP contribution in [0.2, 0.25) is 0 Å². The minimum atomic E-state index is -3.21. The van der Waals surface area contributed by atoms with E-state index >= 15 is 0 Å². The van der Waals surface area contributed by atoms with E-state index in [9.17, 15) is 18.0 Å². The SMILES string of the molecule is CCOc1ccc(N2C(=O)C[C@H](NC3CCN(c4ccc(S(=O)(=O)CC)cc4)CC3)C2=O)cc1. The normalized spacial score (nSPS) is 19.6. The molecule has 0 aliphatic carbocycles. The Hall–Kier alpha value is -2.91. The van der Waals surface area contributed by atoms with E-state index in [4.69, 9.17) is 4.74 Å². The standard InChI is InChI=1S/C25H31N3O5S/c1-3-33-21-9-5-20(6-10-21)28-24(29)17-23(25(28)30)26-18-13-15-27(16-14-18)19-7-11-22(12-8-19)34(31,32)4-2/h5-12,18,23,26H,3-4,13-17H2,1-2H3/t23-/m0/s1. The molecule has 0 unspecified atom stereocenters. The number of rotatable bonds is 8. The van der Waals surface area contributed by atoms with Crippen LogP contribution in [0.4, 0.5) is 11.4 Å². The van der Waals surface area contributed by atoms with E-state index in [1.165, 1.54) is 4.90 Å². The van der Waals surface area contributed by atoms with Crippen molar-refractivity contribution in [2.45, 2.75) is 50.1 Å². The number of carbonyl (C=O) groups excluding carboxylic acids is 2. The Morgan fingerprint density at radius 2 is 1.56 bits per heavy atom. The zero-order chi connectivity index (χ0) is 24.3. The zero-order valence-electron chi connectivity index (χ0n) is 19.6. The molecule has 0 spiro atoms. The molecule has 2 aromatic carbocycles. The summed E-state index contributed by atoms with van der Waals surface area (Å²) in [7, 11) is -3.21. The van der Waals surface area contributed by atoms with Crippen molar-refractivity contribution in [2.75, 3.05) is 35.2 Å². The summed E-state index contributed by atoms with van der Waals surface area (Å²) in [5, 5.41) is 3.40. The first-order chi connectivity index (χ1) is 16.3. The second-order valence-electron chi connectivity index (χ2n) is 8.58. The van der Waals surface area contributed by atoms with Crippen LogP contribution in [-0.2, 0) is 19.4 Å². The maximum Gasteiger partial charge on any atom is 0.251 e. The van der Waals surface area contributed by atoms with Crippen LogP contribution in [0.1, 0.15) is 33.1 Å². The highest BCUT2D eigenvalue weighted by molar-refractivity contribution is 7.91. The Balaban J connectivity index is 1.32. The van der Waals surface area contributed by atoms with Gasteiger partial charge < -0.3 is 15.0 Å². The first-order valence-electron chi connectivity index (χ1n) is 11.8. The summed E-state index contributed by atoms with van der Waals surface area (Å²) in [5.41, 5.74) is 1.55. The van der Waals surface area contributed by atoms with Crippen molar-refractivity contribution in [3.05, 3.63) is 48.5 Å². The van der Waals surface area contributed by atoms with Gasteiger partial charge in [-0.05, 0) is 68.3 Å². The molecule has 0 radical (unpaired) electrons. The molecule has 1 atom stereocenters. The monoisotopic (exact) mass is 485 g/mol. The van der Waals surface area contributed by atoms with Gasteiger partial charge in [-0.15, -0.1) is 0 Å². The molecular weight excluding hydrogens is 454 g/mol. The predicted molar refractivity (Wildman–Crippen MR) is 131 cm³/mol. The predicted octanol–water partition coefficient (Wildman–Crippen LogP) is 2.77. The molecular formula is C25H31N3O5S. The minimum absolute atomic E-state index is 0.0851. The molecule has 4 rings (SSSR count). The second-order valence-corrected chi connectivity index (χ2v) is 10.9. The molecule has 0 aromatic heterocycles. The Labute approximate surface area is 200 Å². The van der Waals surface area contributed by atoms with Crippen molar-refractivity contribution in [2.24, 2.45) is 0 Å². The van der Waals surface area contributed by atoms with Crippen molar-refractivity contribution in [3.63, 3.8) is 0 Å². The van der Waals surface area contributed by atoms with Gasteiger partial charge in [0.2, 0.25) is 5.91 Å². The molecule has 2 heterocycles. The quantitative estimate of drug-likeness (QED) is 0.575. The number of nitrogens with one attached hydrogen (secondary N) is 1. The van der Waals surface area contributed by atoms with Gasteiger partial charge in [-0.25, -0.2) is 13.3 Å². The van der Waals surface area contributed by atoms with Crippen LogP contribution in [0.25, 0.3) is 0 Å². The molecule has 0 bridgehead atoms. The van der Waals surface area contributed by atoms with Gasteiger partial charge in [0.25, 0.3) is 5.91 Å². The lowest BCUT2D eigenvalue weighted by atomic mass is 10.0. The van der Waals surface area contributed by atoms with Crippen LogP contribution in [0.5, 0.6) is 5.75 Å². The number of anilines is 2. The average molecular weight is 486 g/mol. The summed E-state index contributed by atoms with van der Waals surface area (Å²) in [6.45, 7) is 5.67. The number of amides is 2. The Morgan fingerprint density at radius 1 is 0.941 bits per heavy atom. The van der Waals surface area contributed by atoms with Gasteiger partial charge in [-0.1, -0.05) is 6.92 Å². The summed E-state index contributed by atoms with van der Waals surface area (Å²) in [6, 6.07) is 13.6. The summed E-state index contributed by atoms with van der Waals surface area (Å²) >= 11 is 0. The van der Waals surface area contributed by atoms with E-state index in [0.29, 0.717) is 22.9 Å². The van der Waals surface area contributed by atoms with Crippen LogP contribution < -0.4 is 19.9 Å². The van der Waals surface area contributed by atoms with Crippen LogP contribution >= 0.6 is 0 Å². The third-order valence-corrected chi connectivity index (χ3v) is 8.18. The molecule has 2 aromatic rings. The zero-order valence-corrected chi connectivity index (χ0v) is 20.4. The van der Waals surface area contributed by atoms with Gasteiger partial charge in [0, 0.05) is 24.8 Å². The van der Waals surface area contributed by atoms with E-state index < -0.39 is 15.9 Å². The highest BCUT2D eigenvalue weighted by Crippen LogP contribution is 2.27. The fourth-order valence-electron chi connectivity index (χ4n) is 4.51. The molecule has 0 saturated carbocycles. The van der Waals surface area contributed by atoms with Gasteiger partial charge in [0.05, 0.1) is 35.4 Å². The van der Waals surface area contributed by atoms with Crippen LogP contribution in [0, 0.1) is 0 Å². The third kappa shape index (κ3) is 5.10. The van der Waals surface area contributed by atoms with E-state index in [1.807, 2.05) is 19.1 Å². The first kappa shape index (κ1) is 24.2. The van der Waals surface area contributed by atoms with Crippen molar-refractivity contribution >= 4 is 33.0 Å². The Morgan fingerprint density at radius 3 is 2.15 bits per heavy atom. The lowest BCUT2D eigenvalue weighted by Crippen LogP contribution is -2.48. The number of benzene rings is 2. The average Bonchev–Trinajstić information content (AvgIpc) is 3.13. The van der Waals surface area contributed by atoms with E-state index in [1.54, 1.807) is 43.3 Å². The van der Waals surface area contributed by atoms with E-state index in [2.05, 4.69) is 10.2 Å². The highest BCUT2D eigenvalue weighted by Gasteiger charge is 2.40. The molecule has 9 heteroatoms. The number of nitrogens with zero attached hydrogens (tertiary/aromatic N) is 2. The number of ether oxygens (including phenoxy) is 1. The number of hydrogen-bond acceptors (Lipinski definition) is 7. The lowest BCUT2D eigenvalue weighted by Gasteiger charge is -2.35. The van der Waals surface area contributed by atoms with Crippen LogP contribution in [0.3, 0.4) is 0 Å².